The molecule has 2 saturated carbocycles. The van der Waals surface area contributed by atoms with Crippen molar-refractivity contribution in [3.63, 3.8) is 0 Å². The summed E-state index contributed by atoms with van der Waals surface area (Å²) in [5, 5.41) is 0. The van der Waals surface area contributed by atoms with Gasteiger partial charge in [0.2, 0.25) is 5.91 Å². The molecule has 0 unspecified atom stereocenters. The summed E-state index contributed by atoms with van der Waals surface area (Å²) in [7, 11) is 5.91. The fourth-order valence-electron chi connectivity index (χ4n) is 4.98. The number of hydrogen-bond acceptors (Lipinski definition) is 4. The molecule has 26 heavy (non-hydrogen) atoms. The minimum Gasteiger partial charge on any atom is -0.486 e. The fourth-order valence-corrected chi connectivity index (χ4v) is 4.98. The maximum atomic E-state index is 12.9. The first-order valence-electron chi connectivity index (χ1n) is 9.55. The van der Waals surface area contributed by atoms with E-state index in [0.29, 0.717) is 23.7 Å². The summed E-state index contributed by atoms with van der Waals surface area (Å²) in [4.78, 5) is 29.6. The van der Waals surface area contributed by atoms with Gasteiger partial charge in [0, 0.05) is 32.0 Å². The third kappa shape index (κ3) is 2.73. The topological polar surface area (TPSA) is 49.9 Å². The highest BCUT2D eigenvalue weighted by Crippen LogP contribution is 2.66. The molecule has 1 amide bonds. The number of likely N-dealkylation sites (N-methyl/N-ethyl adjacent to an activating group) is 2. The Balaban J connectivity index is 1.51. The number of ether oxygens (including phenoxy) is 1. The van der Waals surface area contributed by atoms with Gasteiger partial charge in [-0.1, -0.05) is 11.6 Å². The zero-order chi connectivity index (χ0) is 18.6. The minimum atomic E-state index is -0.466. The van der Waals surface area contributed by atoms with Crippen LogP contribution in [0.1, 0.15) is 35.2 Å². The Labute approximate surface area is 155 Å². The van der Waals surface area contributed by atoms with Gasteiger partial charge in [-0.2, -0.15) is 0 Å². The lowest BCUT2D eigenvalue weighted by atomic mass is 9.84. The van der Waals surface area contributed by atoms with Gasteiger partial charge in [0.1, 0.15) is 11.4 Å². The van der Waals surface area contributed by atoms with Crippen LogP contribution in [-0.4, -0.2) is 61.3 Å². The van der Waals surface area contributed by atoms with Crippen molar-refractivity contribution in [3.8, 4) is 5.75 Å². The van der Waals surface area contributed by atoms with Crippen LogP contribution in [-0.2, 0) is 4.79 Å². The Bertz CT molecular complexity index is 760. The van der Waals surface area contributed by atoms with E-state index in [4.69, 9.17) is 4.74 Å². The average Bonchev–Trinajstić information content (AvgIpc) is 3.24. The molecule has 0 bridgehead atoms. The van der Waals surface area contributed by atoms with Crippen LogP contribution >= 0.6 is 0 Å². The molecule has 4 atom stereocenters. The number of rotatable bonds is 4. The van der Waals surface area contributed by atoms with Gasteiger partial charge in [0.25, 0.3) is 0 Å². The lowest BCUT2D eigenvalue weighted by molar-refractivity contribution is -0.133. The van der Waals surface area contributed by atoms with E-state index in [1.807, 2.05) is 51.2 Å². The zero-order valence-electron chi connectivity index (χ0n) is 16.1. The van der Waals surface area contributed by atoms with E-state index < -0.39 is 5.60 Å². The smallest absolute Gasteiger partial charge is 0.226 e. The molecule has 1 spiro atoms. The van der Waals surface area contributed by atoms with E-state index in [9.17, 15) is 9.59 Å². The van der Waals surface area contributed by atoms with E-state index in [2.05, 4.69) is 4.90 Å². The van der Waals surface area contributed by atoms with Gasteiger partial charge in [0.05, 0.1) is 12.0 Å². The van der Waals surface area contributed by atoms with Crippen molar-refractivity contribution in [1.29, 1.82) is 0 Å². The fraction of sp³-hybridized carbons (Fsp3) is 0.619. The van der Waals surface area contributed by atoms with Crippen molar-refractivity contribution in [2.75, 3.05) is 34.2 Å². The van der Waals surface area contributed by atoms with Crippen molar-refractivity contribution in [3.05, 3.63) is 29.3 Å². The van der Waals surface area contributed by atoms with Gasteiger partial charge in [-0.05, 0) is 51.9 Å². The largest absolute Gasteiger partial charge is 0.486 e. The Kier molecular flexibility index (Phi) is 4.10. The summed E-state index contributed by atoms with van der Waals surface area (Å²) in [6.45, 7) is 3.58. The molecule has 2 aliphatic carbocycles. The van der Waals surface area contributed by atoms with Crippen molar-refractivity contribution in [1.82, 2.24) is 9.80 Å². The zero-order valence-corrected chi connectivity index (χ0v) is 16.1. The SMILES string of the molecule is Cc1ccc2c(c1)C(=O)C[C@]1(CC[C@@H]3[C@@H](C(=O)N(C)CCN(C)C)[C@@H]31)O2. The Morgan fingerprint density at radius 2 is 2.04 bits per heavy atom. The molecule has 4 rings (SSSR count). The van der Waals surface area contributed by atoms with E-state index in [1.54, 1.807) is 0 Å². The predicted octanol–water partition coefficient (Wildman–Crippen LogP) is 2.38. The Hall–Kier alpha value is -1.88. The van der Waals surface area contributed by atoms with Gasteiger partial charge in [-0.15, -0.1) is 0 Å². The molecular formula is C21H28N2O3. The second-order valence-corrected chi connectivity index (χ2v) is 8.58. The van der Waals surface area contributed by atoms with Crippen LogP contribution in [0.4, 0.5) is 0 Å². The number of aryl methyl sites for hydroxylation is 1. The molecule has 0 saturated heterocycles. The molecule has 0 aromatic heterocycles. The second kappa shape index (κ2) is 6.08. The molecule has 2 fully saturated rings. The Morgan fingerprint density at radius 1 is 1.27 bits per heavy atom. The van der Waals surface area contributed by atoms with Gasteiger partial charge in [0.15, 0.2) is 5.78 Å². The quantitative estimate of drug-likeness (QED) is 0.831. The molecule has 3 aliphatic rings. The van der Waals surface area contributed by atoms with E-state index in [0.717, 1.165) is 31.5 Å². The first kappa shape index (κ1) is 17.5. The summed E-state index contributed by atoms with van der Waals surface area (Å²) in [5.74, 6) is 1.67. The Morgan fingerprint density at radius 3 is 2.77 bits per heavy atom. The number of nitrogens with zero attached hydrogens (tertiary/aromatic N) is 2. The minimum absolute atomic E-state index is 0.0238. The van der Waals surface area contributed by atoms with Gasteiger partial charge >= 0.3 is 0 Å². The first-order chi connectivity index (χ1) is 12.3. The van der Waals surface area contributed by atoms with Gasteiger partial charge < -0.3 is 14.5 Å². The van der Waals surface area contributed by atoms with Crippen molar-refractivity contribution in [2.24, 2.45) is 17.8 Å². The molecule has 1 heterocycles. The number of hydrogen-bond donors (Lipinski definition) is 0. The summed E-state index contributed by atoms with van der Waals surface area (Å²) in [6, 6.07) is 5.82. The number of fused-ring (bicyclic) bond motifs is 3. The number of amides is 1. The lowest BCUT2D eigenvalue weighted by Crippen LogP contribution is -2.45. The molecule has 140 valence electrons. The van der Waals surface area contributed by atoms with Crippen LogP contribution in [0.5, 0.6) is 5.75 Å². The monoisotopic (exact) mass is 356 g/mol. The molecule has 1 aliphatic heterocycles. The maximum absolute atomic E-state index is 12.9. The molecule has 5 nitrogen and oxygen atoms in total. The van der Waals surface area contributed by atoms with Crippen LogP contribution < -0.4 is 4.74 Å². The normalized spacial score (nSPS) is 31.6. The van der Waals surface area contributed by atoms with Crippen LogP contribution in [0, 0.1) is 24.7 Å². The summed E-state index contributed by atoms with van der Waals surface area (Å²) >= 11 is 0. The number of ketones is 1. The first-order valence-corrected chi connectivity index (χ1v) is 9.55. The predicted molar refractivity (Wildman–Crippen MR) is 99.4 cm³/mol. The number of carbonyl (C=O) groups excluding carboxylic acids is 2. The third-order valence-corrected chi connectivity index (χ3v) is 6.43. The van der Waals surface area contributed by atoms with Crippen LogP contribution in [0.2, 0.25) is 0 Å². The van der Waals surface area contributed by atoms with Crippen LogP contribution in [0.15, 0.2) is 18.2 Å². The summed E-state index contributed by atoms with van der Waals surface area (Å²) < 4.78 is 6.42. The van der Waals surface area contributed by atoms with Crippen molar-refractivity contribution >= 4 is 11.7 Å². The molecule has 0 radical (unpaired) electrons. The average molecular weight is 356 g/mol. The van der Waals surface area contributed by atoms with Crippen molar-refractivity contribution < 1.29 is 14.3 Å². The second-order valence-electron chi connectivity index (χ2n) is 8.58. The van der Waals surface area contributed by atoms with Crippen LogP contribution in [0.3, 0.4) is 0 Å². The van der Waals surface area contributed by atoms with E-state index >= 15 is 0 Å². The van der Waals surface area contributed by atoms with E-state index in [-0.39, 0.29) is 23.5 Å². The van der Waals surface area contributed by atoms with Gasteiger partial charge in [-0.3, -0.25) is 9.59 Å². The lowest BCUT2D eigenvalue weighted by Gasteiger charge is -2.37. The third-order valence-electron chi connectivity index (χ3n) is 6.43. The highest BCUT2D eigenvalue weighted by Gasteiger charge is 2.70. The molecular weight excluding hydrogens is 328 g/mol. The van der Waals surface area contributed by atoms with Crippen LogP contribution in [0.25, 0.3) is 0 Å². The van der Waals surface area contributed by atoms with Crippen molar-refractivity contribution in [2.45, 2.75) is 31.8 Å². The molecule has 1 aromatic carbocycles. The number of Topliss-reactive ketones (excluding diaryl/α,β-unsaturated/α-hetero) is 1. The number of benzene rings is 1. The maximum Gasteiger partial charge on any atom is 0.226 e. The molecule has 1 aromatic rings. The highest BCUT2D eigenvalue weighted by molar-refractivity contribution is 6.01. The van der Waals surface area contributed by atoms with E-state index in [1.165, 1.54) is 0 Å². The summed E-state index contributed by atoms with van der Waals surface area (Å²) in [6.07, 6.45) is 2.28. The highest BCUT2D eigenvalue weighted by atomic mass is 16.5. The summed E-state index contributed by atoms with van der Waals surface area (Å²) in [5.41, 5.74) is 1.31. The standard InChI is InChI=1S/C21H28N2O3/c1-13-5-6-17-15(11-13)16(24)12-21(26-17)8-7-14-18(19(14)21)20(25)23(4)10-9-22(2)3/h5-6,11,14,18-19H,7-10,12H2,1-4H3/t14-,18-,19-,21+/m1/s1. The molecule has 5 heteroatoms. The molecule has 0 N–H and O–H groups in total. The number of carbonyl (C=O) groups is 2. The van der Waals surface area contributed by atoms with Gasteiger partial charge in [-0.25, -0.2) is 0 Å².